The van der Waals surface area contributed by atoms with Crippen molar-refractivity contribution in [2.45, 2.75) is 0 Å². The Bertz CT molecular complexity index is 491. The Morgan fingerprint density at radius 3 is 3.00 bits per heavy atom. The summed E-state index contributed by atoms with van der Waals surface area (Å²) in [5.74, 6) is 0.138. The van der Waals surface area contributed by atoms with E-state index in [1.54, 1.807) is 0 Å². The lowest BCUT2D eigenvalue weighted by Crippen LogP contribution is -2.28. The SMILES string of the molecule is O=c1[nH]c(=O)n2ncnc2[nH]1. The van der Waals surface area contributed by atoms with Crippen molar-refractivity contribution in [3.63, 3.8) is 0 Å². The van der Waals surface area contributed by atoms with E-state index in [2.05, 4.69) is 15.1 Å². The fraction of sp³-hybridized carbons (Fsp3) is 0. The van der Waals surface area contributed by atoms with Crippen molar-refractivity contribution in [3.8, 4) is 0 Å². The van der Waals surface area contributed by atoms with Gasteiger partial charge in [-0.05, 0) is 0 Å². The molecule has 0 radical (unpaired) electrons. The number of nitrogens with zero attached hydrogens (tertiary/aromatic N) is 3. The molecule has 2 N–H and O–H groups in total. The molecule has 0 bridgehead atoms. The Balaban J connectivity index is 3.15. The second kappa shape index (κ2) is 1.78. The van der Waals surface area contributed by atoms with Crippen LogP contribution in [0.2, 0.25) is 0 Å². The molecule has 2 rings (SSSR count). The zero-order valence-corrected chi connectivity index (χ0v) is 5.24. The van der Waals surface area contributed by atoms with Crippen LogP contribution in [0.4, 0.5) is 0 Å². The van der Waals surface area contributed by atoms with Gasteiger partial charge in [0.05, 0.1) is 0 Å². The van der Waals surface area contributed by atoms with Crippen molar-refractivity contribution in [1.82, 2.24) is 24.6 Å². The summed E-state index contributed by atoms with van der Waals surface area (Å²) in [7, 11) is 0. The third-order valence-electron chi connectivity index (χ3n) is 1.19. The first-order valence-electron chi connectivity index (χ1n) is 2.80. The van der Waals surface area contributed by atoms with Crippen molar-refractivity contribution in [1.29, 1.82) is 0 Å². The van der Waals surface area contributed by atoms with Crippen LogP contribution in [0.3, 0.4) is 0 Å². The molecule has 0 saturated carbocycles. The molecule has 0 unspecified atom stereocenters. The van der Waals surface area contributed by atoms with E-state index in [0.29, 0.717) is 0 Å². The van der Waals surface area contributed by atoms with E-state index in [9.17, 15) is 9.59 Å². The molecule has 11 heavy (non-hydrogen) atoms. The average Bonchev–Trinajstić information content (AvgIpc) is 2.34. The first kappa shape index (κ1) is 5.83. The van der Waals surface area contributed by atoms with Gasteiger partial charge in [0.25, 0.3) is 0 Å². The number of aromatic amines is 2. The molecule has 2 aromatic heterocycles. The first-order chi connectivity index (χ1) is 5.27. The predicted octanol–water partition coefficient (Wildman–Crippen LogP) is -1.89. The molecule has 56 valence electrons. The Morgan fingerprint density at radius 2 is 2.18 bits per heavy atom. The first-order valence-corrected chi connectivity index (χ1v) is 2.80. The molecular formula is C4H3N5O2. The maximum atomic E-state index is 10.8. The van der Waals surface area contributed by atoms with E-state index in [0.717, 1.165) is 4.52 Å². The van der Waals surface area contributed by atoms with Crippen LogP contribution in [-0.2, 0) is 0 Å². The van der Waals surface area contributed by atoms with Crippen molar-refractivity contribution < 1.29 is 0 Å². The van der Waals surface area contributed by atoms with E-state index < -0.39 is 11.4 Å². The quantitative estimate of drug-likeness (QED) is 0.462. The van der Waals surface area contributed by atoms with Gasteiger partial charge in [-0.3, -0.25) is 9.97 Å². The molecule has 0 fully saturated rings. The highest BCUT2D eigenvalue weighted by molar-refractivity contribution is 5.20. The monoisotopic (exact) mass is 153 g/mol. The summed E-state index contributed by atoms with van der Waals surface area (Å²) in [4.78, 5) is 29.4. The van der Waals surface area contributed by atoms with Crippen LogP contribution >= 0.6 is 0 Å². The molecule has 0 aliphatic carbocycles. The minimum Gasteiger partial charge on any atom is -0.276 e. The smallest absolute Gasteiger partial charge is 0.276 e. The second-order valence-corrected chi connectivity index (χ2v) is 1.88. The standard InChI is InChI=1S/C4H3N5O2/c10-3-7-2-5-1-6-9(2)4(11)8-3/h1H,(H2,5,6,7,8,10,11). The summed E-state index contributed by atoms with van der Waals surface area (Å²) in [6.07, 6.45) is 1.18. The minimum absolute atomic E-state index is 0.138. The number of aromatic nitrogens is 5. The third-order valence-corrected chi connectivity index (χ3v) is 1.19. The van der Waals surface area contributed by atoms with Crippen LogP contribution < -0.4 is 11.4 Å². The van der Waals surface area contributed by atoms with E-state index in [1.807, 2.05) is 4.98 Å². The highest BCUT2D eigenvalue weighted by Crippen LogP contribution is 1.78. The number of hydrogen-bond donors (Lipinski definition) is 2. The van der Waals surface area contributed by atoms with E-state index in [1.165, 1.54) is 6.33 Å². The molecule has 0 atom stereocenters. The van der Waals surface area contributed by atoms with Gasteiger partial charge in [0.1, 0.15) is 6.33 Å². The fourth-order valence-corrected chi connectivity index (χ4v) is 0.758. The van der Waals surface area contributed by atoms with Gasteiger partial charge in [-0.2, -0.15) is 4.98 Å². The highest BCUT2D eigenvalue weighted by Gasteiger charge is 1.98. The van der Waals surface area contributed by atoms with Gasteiger partial charge in [-0.1, -0.05) is 0 Å². The highest BCUT2D eigenvalue weighted by atomic mass is 16.2. The number of H-pyrrole nitrogens is 2. The summed E-state index contributed by atoms with van der Waals surface area (Å²) < 4.78 is 0.960. The molecule has 0 spiro atoms. The summed E-state index contributed by atoms with van der Waals surface area (Å²) in [6.45, 7) is 0. The van der Waals surface area contributed by atoms with Gasteiger partial charge in [-0.25, -0.2) is 9.59 Å². The zero-order valence-electron chi connectivity index (χ0n) is 5.24. The van der Waals surface area contributed by atoms with Crippen LogP contribution in [0.5, 0.6) is 0 Å². The molecule has 0 aliphatic rings. The van der Waals surface area contributed by atoms with Gasteiger partial charge in [0.15, 0.2) is 0 Å². The fourth-order valence-electron chi connectivity index (χ4n) is 0.758. The molecule has 7 nitrogen and oxygen atoms in total. The lowest BCUT2D eigenvalue weighted by atomic mass is 11.0. The van der Waals surface area contributed by atoms with Crippen LogP contribution in [0.25, 0.3) is 5.78 Å². The Morgan fingerprint density at radius 1 is 1.36 bits per heavy atom. The van der Waals surface area contributed by atoms with Crippen molar-refractivity contribution >= 4 is 5.78 Å². The Kier molecular flexibility index (Phi) is 0.945. The van der Waals surface area contributed by atoms with Gasteiger partial charge < -0.3 is 0 Å². The summed E-state index contributed by atoms with van der Waals surface area (Å²) in [5, 5.41) is 3.55. The number of nitrogens with one attached hydrogen (secondary N) is 2. The van der Waals surface area contributed by atoms with Crippen molar-refractivity contribution in [3.05, 3.63) is 27.3 Å². The van der Waals surface area contributed by atoms with Crippen LogP contribution in [0, 0.1) is 0 Å². The average molecular weight is 153 g/mol. The lowest BCUT2D eigenvalue weighted by molar-refractivity contribution is 0.819. The molecule has 0 amide bonds. The Labute approximate surface area is 58.7 Å². The molecule has 0 saturated heterocycles. The van der Waals surface area contributed by atoms with Gasteiger partial charge in [0.2, 0.25) is 5.78 Å². The van der Waals surface area contributed by atoms with Crippen LogP contribution in [0.15, 0.2) is 15.9 Å². The van der Waals surface area contributed by atoms with Crippen LogP contribution in [-0.4, -0.2) is 24.6 Å². The molecule has 2 heterocycles. The molecule has 0 aliphatic heterocycles. The number of rotatable bonds is 0. The lowest BCUT2D eigenvalue weighted by Gasteiger charge is -1.85. The minimum atomic E-state index is -0.596. The third kappa shape index (κ3) is 0.741. The van der Waals surface area contributed by atoms with Gasteiger partial charge in [0, 0.05) is 0 Å². The largest absolute Gasteiger partial charge is 0.353 e. The van der Waals surface area contributed by atoms with E-state index in [-0.39, 0.29) is 5.78 Å². The van der Waals surface area contributed by atoms with Gasteiger partial charge >= 0.3 is 11.4 Å². The molecular weight excluding hydrogens is 150 g/mol. The maximum Gasteiger partial charge on any atom is 0.353 e. The predicted molar refractivity (Wildman–Crippen MR) is 34.2 cm³/mol. The van der Waals surface area contributed by atoms with E-state index in [4.69, 9.17) is 0 Å². The second-order valence-electron chi connectivity index (χ2n) is 1.88. The Hall–Kier alpha value is -1.92. The maximum absolute atomic E-state index is 10.8. The van der Waals surface area contributed by atoms with Gasteiger partial charge in [-0.15, -0.1) is 9.61 Å². The summed E-state index contributed by atoms with van der Waals surface area (Å²) in [6, 6.07) is 0. The summed E-state index contributed by atoms with van der Waals surface area (Å²) in [5.41, 5.74) is -1.18. The molecule has 7 heteroatoms. The van der Waals surface area contributed by atoms with Crippen molar-refractivity contribution in [2.75, 3.05) is 0 Å². The number of fused-ring (bicyclic) bond motifs is 1. The molecule has 2 aromatic rings. The van der Waals surface area contributed by atoms with E-state index >= 15 is 0 Å². The topological polar surface area (TPSA) is 95.9 Å². The molecule has 0 aromatic carbocycles. The number of hydrogen-bond acceptors (Lipinski definition) is 4. The van der Waals surface area contributed by atoms with Crippen molar-refractivity contribution in [2.24, 2.45) is 0 Å². The summed E-state index contributed by atoms with van der Waals surface area (Å²) >= 11 is 0. The zero-order chi connectivity index (χ0) is 7.84. The normalized spacial score (nSPS) is 10.5. The van der Waals surface area contributed by atoms with Crippen LogP contribution in [0.1, 0.15) is 0 Å².